The van der Waals surface area contributed by atoms with Crippen molar-refractivity contribution in [3.8, 4) is 0 Å². The van der Waals surface area contributed by atoms with Crippen LogP contribution in [0.5, 0.6) is 0 Å². The van der Waals surface area contributed by atoms with Crippen molar-refractivity contribution in [3.05, 3.63) is 32.7 Å². The largest absolute Gasteiger partial charge is 0.324 e. The molecule has 0 bridgehead atoms. The highest BCUT2D eigenvalue weighted by Crippen LogP contribution is 2.28. The first-order chi connectivity index (χ1) is 7.00. The molecule has 0 spiro atoms. The molecule has 15 heavy (non-hydrogen) atoms. The maximum absolute atomic E-state index is 6.16. The summed E-state index contributed by atoms with van der Waals surface area (Å²) in [6, 6.07) is 6.27. The first-order valence-corrected chi connectivity index (χ1v) is 6.80. The Morgan fingerprint density at radius 1 is 1.20 bits per heavy atom. The van der Waals surface area contributed by atoms with Gasteiger partial charge in [-0.1, -0.05) is 45.7 Å². The predicted octanol–water partition coefficient (Wildman–Crippen LogP) is 4.65. The topological polar surface area (TPSA) is 26.0 Å². The summed E-state index contributed by atoms with van der Waals surface area (Å²) in [5, 5.41) is 0. The lowest BCUT2D eigenvalue weighted by Crippen LogP contribution is -2.11. The summed E-state index contributed by atoms with van der Waals surface area (Å²) >= 11 is 7.01. The van der Waals surface area contributed by atoms with Crippen molar-refractivity contribution >= 4 is 31.9 Å². The molecule has 0 aromatic heterocycles. The van der Waals surface area contributed by atoms with Crippen molar-refractivity contribution in [1.82, 2.24) is 0 Å². The number of benzene rings is 1. The van der Waals surface area contributed by atoms with Gasteiger partial charge >= 0.3 is 0 Å². The smallest absolute Gasteiger partial charge is 0.0306 e. The van der Waals surface area contributed by atoms with Crippen LogP contribution in [0.1, 0.15) is 38.3 Å². The second-order valence-electron chi connectivity index (χ2n) is 4.24. The fourth-order valence-electron chi connectivity index (χ4n) is 1.47. The van der Waals surface area contributed by atoms with Crippen LogP contribution in [0.25, 0.3) is 0 Å². The number of rotatable bonds is 4. The van der Waals surface area contributed by atoms with Gasteiger partial charge in [-0.05, 0) is 42.5 Å². The zero-order valence-corrected chi connectivity index (χ0v) is 12.3. The minimum absolute atomic E-state index is 0.124. The Balaban J connectivity index is 2.72. The quantitative estimate of drug-likeness (QED) is 0.852. The highest BCUT2D eigenvalue weighted by atomic mass is 79.9. The lowest BCUT2D eigenvalue weighted by Gasteiger charge is -2.15. The lowest BCUT2D eigenvalue weighted by atomic mass is 9.98. The molecule has 0 fully saturated rings. The third-order valence-electron chi connectivity index (χ3n) is 2.41. The second kappa shape index (κ2) is 6.02. The van der Waals surface area contributed by atoms with Gasteiger partial charge in [0.1, 0.15) is 0 Å². The Bertz CT molecular complexity index is 323. The molecule has 1 atom stereocenters. The van der Waals surface area contributed by atoms with E-state index in [1.165, 1.54) is 12.0 Å². The monoisotopic (exact) mass is 333 g/mol. The Hall–Kier alpha value is 0.140. The average Bonchev–Trinajstić information content (AvgIpc) is 2.18. The van der Waals surface area contributed by atoms with Gasteiger partial charge in [-0.3, -0.25) is 0 Å². The zero-order valence-electron chi connectivity index (χ0n) is 9.13. The molecule has 0 heterocycles. The standard InChI is InChI=1S/C12H17Br2N/c1-8(2)3-6-12(15)10-7-9(13)4-5-11(10)14/h4-5,7-8,12H,3,6,15H2,1-2H3/t12-/m0/s1. The maximum Gasteiger partial charge on any atom is 0.0306 e. The zero-order chi connectivity index (χ0) is 11.4. The summed E-state index contributed by atoms with van der Waals surface area (Å²) in [5.41, 5.74) is 7.35. The van der Waals surface area contributed by atoms with Crippen molar-refractivity contribution in [2.45, 2.75) is 32.7 Å². The molecule has 2 N–H and O–H groups in total. The minimum atomic E-state index is 0.124. The van der Waals surface area contributed by atoms with Crippen LogP contribution in [-0.2, 0) is 0 Å². The first kappa shape index (κ1) is 13.2. The van der Waals surface area contributed by atoms with Gasteiger partial charge in [0.25, 0.3) is 0 Å². The van der Waals surface area contributed by atoms with Gasteiger partial charge in [-0.25, -0.2) is 0 Å². The van der Waals surface area contributed by atoms with E-state index in [2.05, 4.69) is 51.8 Å². The summed E-state index contributed by atoms with van der Waals surface area (Å²) in [5.74, 6) is 0.710. The molecule has 3 heteroatoms. The second-order valence-corrected chi connectivity index (χ2v) is 6.01. The third kappa shape index (κ3) is 4.25. The van der Waals surface area contributed by atoms with Crippen LogP contribution in [0.3, 0.4) is 0 Å². The Morgan fingerprint density at radius 3 is 2.47 bits per heavy atom. The maximum atomic E-state index is 6.16. The van der Waals surface area contributed by atoms with Crippen LogP contribution in [0.2, 0.25) is 0 Å². The number of hydrogen-bond donors (Lipinski definition) is 1. The van der Waals surface area contributed by atoms with Crippen LogP contribution in [0.4, 0.5) is 0 Å². The number of halogens is 2. The molecule has 1 aromatic rings. The Labute approximate surface area is 109 Å². The molecule has 0 unspecified atom stereocenters. The van der Waals surface area contributed by atoms with E-state index in [1.807, 2.05) is 12.1 Å². The minimum Gasteiger partial charge on any atom is -0.324 e. The van der Waals surface area contributed by atoms with Gasteiger partial charge in [-0.2, -0.15) is 0 Å². The number of nitrogens with two attached hydrogens (primary N) is 1. The summed E-state index contributed by atoms with van der Waals surface area (Å²) in [7, 11) is 0. The van der Waals surface area contributed by atoms with Crippen LogP contribution >= 0.6 is 31.9 Å². The van der Waals surface area contributed by atoms with Crippen molar-refractivity contribution in [1.29, 1.82) is 0 Å². The molecule has 84 valence electrons. The summed E-state index contributed by atoms with van der Waals surface area (Å²) < 4.78 is 2.18. The predicted molar refractivity (Wildman–Crippen MR) is 72.8 cm³/mol. The van der Waals surface area contributed by atoms with Crippen molar-refractivity contribution in [2.24, 2.45) is 11.7 Å². The molecular weight excluding hydrogens is 318 g/mol. The third-order valence-corrected chi connectivity index (χ3v) is 3.63. The molecule has 0 saturated heterocycles. The van der Waals surface area contributed by atoms with E-state index in [0.29, 0.717) is 5.92 Å². The van der Waals surface area contributed by atoms with E-state index in [9.17, 15) is 0 Å². The van der Waals surface area contributed by atoms with Crippen molar-refractivity contribution in [2.75, 3.05) is 0 Å². The molecule has 0 aliphatic rings. The van der Waals surface area contributed by atoms with Gasteiger partial charge in [-0.15, -0.1) is 0 Å². The highest BCUT2D eigenvalue weighted by molar-refractivity contribution is 9.11. The summed E-state index contributed by atoms with van der Waals surface area (Å²) in [4.78, 5) is 0. The van der Waals surface area contributed by atoms with E-state index in [1.54, 1.807) is 0 Å². The molecule has 1 nitrogen and oxygen atoms in total. The number of hydrogen-bond acceptors (Lipinski definition) is 1. The van der Waals surface area contributed by atoms with Crippen molar-refractivity contribution < 1.29 is 0 Å². The summed E-state index contributed by atoms with van der Waals surface area (Å²) in [6.45, 7) is 4.45. The molecule has 0 aliphatic carbocycles. The van der Waals surface area contributed by atoms with Gasteiger partial charge < -0.3 is 5.73 Å². The molecule has 1 aromatic carbocycles. The van der Waals surface area contributed by atoms with E-state index in [4.69, 9.17) is 5.73 Å². The fraction of sp³-hybridized carbons (Fsp3) is 0.500. The normalized spacial score (nSPS) is 13.2. The van der Waals surface area contributed by atoms with Crippen molar-refractivity contribution in [3.63, 3.8) is 0 Å². The van der Waals surface area contributed by atoms with Crippen LogP contribution in [-0.4, -0.2) is 0 Å². The molecule has 0 radical (unpaired) electrons. The van der Waals surface area contributed by atoms with E-state index < -0.39 is 0 Å². The Morgan fingerprint density at radius 2 is 1.87 bits per heavy atom. The molecule has 0 saturated carbocycles. The molecule has 1 rings (SSSR count). The average molecular weight is 335 g/mol. The fourth-order valence-corrected chi connectivity index (χ4v) is 2.39. The van der Waals surface area contributed by atoms with Gasteiger partial charge in [0.05, 0.1) is 0 Å². The lowest BCUT2D eigenvalue weighted by molar-refractivity contribution is 0.506. The van der Waals surface area contributed by atoms with E-state index in [-0.39, 0.29) is 6.04 Å². The summed E-state index contributed by atoms with van der Waals surface area (Å²) in [6.07, 6.45) is 2.20. The van der Waals surface area contributed by atoms with Gasteiger partial charge in [0, 0.05) is 15.0 Å². The Kier molecular flexibility index (Phi) is 5.30. The van der Waals surface area contributed by atoms with Gasteiger partial charge in [0.2, 0.25) is 0 Å². The highest BCUT2D eigenvalue weighted by Gasteiger charge is 2.10. The van der Waals surface area contributed by atoms with Crippen LogP contribution in [0, 0.1) is 5.92 Å². The molecule has 0 amide bonds. The van der Waals surface area contributed by atoms with Crippen LogP contribution in [0.15, 0.2) is 27.1 Å². The van der Waals surface area contributed by atoms with Crippen LogP contribution < -0.4 is 5.73 Å². The molecular formula is C12H17Br2N. The SMILES string of the molecule is CC(C)CC[C@H](N)c1cc(Br)ccc1Br. The van der Waals surface area contributed by atoms with E-state index >= 15 is 0 Å². The van der Waals surface area contributed by atoms with Gasteiger partial charge in [0.15, 0.2) is 0 Å². The van der Waals surface area contributed by atoms with E-state index in [0.717, 1.165) is 15.4 Å². The molecule has 0 aliphatic heterocycles. The first-order valence-electron chi connectivity index (χ1n) is 5.21.